The second kappa shape index (κ2) is 8.83. The fourth-order valence-corrected chi connectivity index (χ4v) is 2.88. The second-order valence-corrected chi connectivity index (χ2v) is 7.61. The smallest absolute Gasteiger partial charge is 0.422 e. The fourth-order valence-electron chi connectivity index (χ4n) is 2.66. The molecule has 0 radical (unpaired) electrons. The number of carbonyl (C=O) groups excluding carboxylic acids is 2. The van der Waals surface area contributed by atoms with Crippen molar-refractivity contribution in [1.82, 2.24) is 16.2 Å². The standard InChI is InChI=1S/C18H25ClFN3O5/c1-6-26-15-10(9(2)22-23-17(25)28-18(3,4)5)7-11(19)14(20)13(15)12-8-21-16(24)27-12/h7,9,12,22H,6,8H2,1-5H3,(H,21,24)(H,23,25)/t9?,12-/m0/s1. The van der Waals surface area contributed by atoms with Gasteiger partial charge in [-0.1, -0.05) is 11.6 Å². The first-order valence-corrected chi connectivity index (χ1v) is 9.24. The summed E-state index contributed by atoms with van der Waals surface area (Å²) in [6, 6.07) is 0.889. The molecule has 0 spiro atoms. The lowest BCUT2D eigenvalue weighted by Gasteiger charge is -2.24. The molecule has 1 heterocycles. The van der Waals surface area contributed by atoms with Crippen LogP contribution in [0.3, 0.4) is 0 Å². The van der Waals surface area contributed by atoms with Crippen molar-refractivity contribution in [1.29, 1.82) is 0 Å². The van der Waals surface area contributed by atoms with Crippen LogP contribution in [-0.2, 0) is 9.47 Å². The average Bonchev–Trinajstić information content (AvgIpc) is 3.00. The number of hydrazine groups is 1. The molecule has 1 aromatic rings. The molecule has 0 aliphatic carbocycles. The van der Waals surface area contributed by atoms with Gasteiger partial charge in [-0.3, -0.25) is 5.43 Å². The Morgan fingerprint density at radius 2 is 2.18 bits per heavy atom. The average molecular weight is 418 g/mol. The number of hydrogen-bond acceptors (Lipinski definition) is 6. The fraction of sp³-hybridized carbons (Fsp3) is 0.556. The number of amides is 2. The molecular weight excluding hydrogens is 393 g/mol. The maximum absolute atomic E-state index is 14.8. The van der Waals surface area contributed by atoms with Crippen molar-refractivity contribution in [2.75, 3.05) is 13.2 Å². The zero-order valence-corrected chi connectivity index (χ0v) is 17.2. The van der Waals surface area contributed by atoms with E-state index in [4.69, 9.17) is 25.8 Å². The molecule has 1 unspecified atom stereocenters. The molecule has 0 saturated carbocycles. The third kappa shape index (κ3) is 5.39. The van der Waals surface area contributed by atoms with Crippen LogP contribution in [0.1, 0.15) is 57.9 Å². The molecule has 1 aliphatic rings. The van der Waals surface area contributed by atoms with Crippen LogP contribution in [0.15, 0.2) is 6.07 Å². The Kier molecular flexibility index (Phi) is 6.95. The topological polar surface area (TPSA) is 97.9 Å². The molecule has 1 saturated heterocycles. The van der Waals surface area contributed by atoms with Gasteiger partial charge in [0.2, 0.25) is 0 Å². The number of halogens is 2. The molecule has 2 atom stereocenters. The van der Waals surface area contributed by atoms with Gasteiger partial charge >= 0.3 is 12.2 Å². The summed E-state index contributed by atoms with van der Waals surface area (Å²) in [6.07, 6.45) is -2.19. The lowest BCUT2D eigenvalue weighted by Crippen LogP contribution is -2.42. The van der Waals surface area contributed by atoms with Crippen molar-refractivity contribution < 1.29 is 28.2 Å². The summed E-state index contributed by atoms with van der Waals surface area (Å²) in [4.78, 5) is 23.3. The molecule has 0 aromatic heterocycles. The van der Waals surface area contributed by atoms with Crippen LogP contribution in [0, 0.1) is 5.82 Å². The highest BCUT2D eigenvalue weighted by Crippen LogP contribution is 2.40. The Hall–Kier alpha value is -2.26. The number of alkyl carbamates (subject to hydrolysis) is 1. The first-order valence-electron chi connectivity index (χ1n) is 8.87. The number of benzene rings is 1. The van der Waals surface area contributed by atoms with Crippen molar-refractivity contribution in [2.45, 2.75) is 52.4 Å². The normalized spacial score (nSPS) is 17.5. The predicted molar refractivity (Wildman–Crippen MR) is 101 cm³/mol. The van der Waals surface area contributed by atoms with Crippen LogP contribution in [-0.4, -0.2) is 30.9 Å². The van der Waals surface area contributed by atoms with E-state index in [9.17, 15) is 14.0 Å². The molecular formula is C18H25ClFN3O5. The molecule has 2 rings (SSSR count). The zero-order valence-electron chi connectivity index (χ0n) is 16.4. The first kappa shape index (κ1) is 22.0. The van der Waals surface area contributed by atoms with Crippen molar-refractivity contribution in [3.8, 4) is 5.75 Å². The van der Waals surface area contributed by atoms with Gasteiger partial charge in [0.25, 0.3) is 0 Å². The number of cyclic esters (lactones) is 1. The summed E-state index contributed by atoms with van der Waals surface area (Å²) in [5, 5.41) is 2.33. The summed E-state index contributed by atoms with van der Waals surface area (Å²) in [5.41, 5.74) is 5.10. The maximum atomic E-state index is 14.8. The molecule has 8 nitrogen and oxygen atoms in total. The van der Waals surface area contributed by atoms with Crippen LogP contribution < -0.4 is 20.9 Å². The zero-order chi connectivity index (χ0) is 21.1. The minimum Gasteiger partial charge on any atom is -0.493 e. The monoisotopic (exact) mass is 417 g/mol. The number of nitrogens with one attached hydrogen (secondary N) is 3. The lowest BCUT2D eigenvalue weighted by atomic mass is 9.99. The lowest BCUT2D eigenvalue weighted by molar-refractivity contribution is 0.0488. The van der Waals surface area contributed by atoms with E-state index in [1.165, 1.54) is 6.07 Å². The highest BCUT2D eigenvalue weighted by atomic mass is 35.5. The quantitative estimate of drug-likeness (QED) is 0.610. The van der Waals surface area contributed by atoms with E-state index in [1.807, 2.05) is 0 Å². The van der Waals surface area contributed by atoms with E-state index in [1.54, 1.807) is 34.6 Å². The van der Waals surface area contributed by atoms with Crippen LogP contribution in [0.25, 0.3) is 0 Å². The van der Waals surface area contributed by atoms with Crippen molar-refractivity contribution in [2.24, 2.45) is 0 Å². The molecule has 1 fully saturated rings. The van der Waals surface area contributed by atoms with Crippen LogP contribution in [0.4, 0.5) is 14.0 Å². The molecule has 1 aromatic carbocycles. The molecule has 156 valence electrons. The van der Waals surface area contributed by atoms with Crippen molar-refractivity contribution in [3.05, 3.63) is 28.0 Å². The number of hydrogen-bond donors (Lipinski definition) is 3. The predicted octanol–water partition coefficient (Wildman–Crippen LogP) is 3.75. The highest BCUT2D eigenvalue weighted by molar-refractivity contribution is 6.31. The van der Waals surface area contributed by atoms with Crippen molar-refractivity contribution in [3.63, 3.8) is 0 Å². The SMILES string of the molecule is CCOc1c(C(C)NNC(=O)OC(C)(C)C)cc(Cl)c(F)c1[C@@H]1CNC(=O)O1. The molecule has 10 heteroatoms. The van der Waals surface area contributed by atoms with Gasteiger partial charge in [0, 0.05) is 5.56 Å². The van der Waals surface area contributed by atoms with Crippen LogP contribution in [0.5, 0.6) is 5.75 Å². The van der Waals surface area contributed by atoms with Gasteiger partial charge < -0.3 is 19.5 Å². The minimum absolute atomic E-state index is 0.0496. The number of ether oxygens (including phenoxy) is 3. The van der Waals surface area contributed by atoms with E-state index in [0.717, 1.165) is 0 Å². The van der Waals surface area contributed by atoms with Crippen LogP contribution >= 0.6 is 11.6 Å². The minimum atomic E-state index is -0.877. The van der Waals surface area contributed by atoms with Gasteiger partial charge in [0.05, 0.1) is 29.8 Å². The molecule has 2 amide bonds. The van der Waals surface area contributed by atoms with Gasteiger partial charge in [-0.2, -0.15) is 0 Å². The number of carbonyl (C=O) groups is 2. The third-order valence-electron chi connectivity index (χ3n) is 3.78. The van der Waals surface area contributed by atoms with Gasteiger partial charge in [0.1, 0.15) is 11.4 Å². The van der Waals surface area contributed by atoms with E-state index in [-0.39, 0.29) is 29.5 Å². The second-order valence-electron chi connectivity index (χ2n) is 7.21. The summed E-state index contributed by atoms with van der Waals surface area (Å²) >= 11 is 6.07. The third-order valence-corrected chi connectivity index (χ3v) is 4.06. The van der Waals surface area contributed by atoms with Gasteiger partial charge in [0.15, 0.2) is 11.9 Å². The van der Waals surface area contributed by atoms with E-state index in [2.05, 4.69) is 16.2 Å². The van der Waals surface area contributed by atoms with Crippen molar-refractivity contribution >= 4 is 23.8 Å². The van der Waals surface area contributed by atoms with Crippen LogP contribution in [0.2, 0.25) is 5.02 Å². The summed E-state index contributed by atoms with van der Waals surface area (Å²) in [5.74, 6) is -0.514. The van der Waals surface area contributed by atoms with E-state index in [0.29, 0.717) is 5.56 Å². The number of rotatable bonds is 6. The molecule has 3 N–H and O–H groups in total. The first-order chi connectivity index (χ1) is 13.0. The Morgan fingerprint density at radius 3 is 2.71 bits per heavy atom. The maximum Gasteiger partial charge on any atom is 0.422 e. The largest absolute Gasteiger partial charge is 0.493 e. The Morgan fingerprint density at radius 1 is 1.50 bits per heavy atom. The summed E-state index contributed by atoms with van der Waals surface area (Å²) < 4.78 is 30.7. The molecule has 1 aliphatic heterocycles. The molecule has 0 bridgehead atoms. The van der Waals surface area contributed by atoms with E-state index >= 15 is 0 Å². The van der Waals surface area contributed by atoms with E-state index < -0.39 is 35.8 Å². The Balaban J connectivity index is 2.31. The van der Waals surface area contributed by atoms with Gasteiger partial charge in [-0.25, -0.2) is 19.4 Å². The molecule has 28 heavy (non-hydrogen) atoms. The highest BCUT2D eigenvalue weighted by Gasteiger charge is 2.33. The Bertz CT molecular complexity index is 754. The van der Waals surface area contributed by atoms with Gasteiger partial charge in [-0.15, -0.1) is 0 Å². The van der Waals surface area contributed by atoms with Gasteiger partial charge in [-0.05, 0) is 40.7 Å². The summed E-state index contributed by atoms with van der Waals surface area (Å²) in [7, 11) is 0. The Labute approximate surface area is 168 Å². The summed E-state index contributed by atoms with van der Waals surface area (Å²) in [6.45, 7) is 9.04.